The summed E-state index contributed by atoms with van der Waals surface area (Å²) in [6.45, 7) is 13.8. The monoisotopic (exact) mass is 242 g/mol. The molecule has 2 fully saturated rings. The van der Waals surface area contributed by atoms with Gasteiger partial charge in [0.2, 0.25) is 0 Å². The Morgan fingerprint density at radius 2 is 1.94 bits per heavy atom. The maximum absolute atomic E-state index is 6.44. The lowest BCUT2D eigenvalue weighted by molar-refractivity contribution is 0.140. The molecule has 0 aromatic rings. The highest BCUT2D eigenvalue weighted by Crippen LogP contribution is 2.49. The maximum Gasteiger partial charge on any atom is 0.192 e. The van der Waals surface area contributed by atoms with Crippen molar-refractivity contribution < 1.29 is 9.16 Å². The Hall–Kier alpha value is 0.137. The Kier molecular flexibility index (Phi) is 2.80. The van der Waals surface area contributed by atoms with E-state index in [0.717, 1.165) is 6.42 Å². The number of ether oxygens (including phenoxy) is 1. The Labute approximate surface area is 101 Å². The first-order valence-corrected chi connectivity index (χ1v) is 9.40. The minimum Gasteiger partial charge on any atom is -0.414 e. The Balaban J connectivity index is 1.91. The normalized spacial score (nSPS) is 39.4. The molecular weight excluding hydrogens is 216 g/mol. The van der Waals surface area contributed by atoms with Crippen LogP contribution in [0.2, 0.25) is 18.1 Å². The van der Waals surface area contributed by atoms with E-state index in [9.17, 15) is 0 Å². The van der Waals surface area contributed by atoms with Crippen molar-refractivity contribution in [2.75, 3.05) is 0 Å². The molecule has 1 aliphatic carbocycles. The molecule has 16 heavy (non-hydrogen) atoms. The van der Waals surface area contributed by atoms with Gasteiger partial charge < -0.3 is 9.16 Å². The van der Waals surface area contributed by atoms with Crippen molar-refractivity contribution >= 4 is 8.32 Å². The van der Waals surface area contributed by atoms with Gasteiger partial charge in [-0.15, -0.1) is 0 Å². The highest BCUT2D eigenvalue weighted by Gasteiger charge is 2.56. The summed E-state index contributed by atoms with van der Waals surface area (Å²) in [6, 6.07) is 0. The molecule has 0 aromatic heterocycles. The average Bonchev–Trinajstić information content (AvgIpc) is 2.73. The maximum atomic E-state index is 6.44. The molecule has 0 N–H and O–H groups in total. The summed E-state index contributed by atoms with van der Waals surface area (Å²) in [5.41, 5.74) is 0.216. The smallest absolute Gasteiger partial charge is 0.192 e. The molecule has 0 radical (unpaired) electrons. The second-order valence-corrected chi connectivity index (χ2v) is 12.0. The summed E-state index contributed by atoms with van der Waals surface area (Å²) in [5, 5.41) is 0.318. The number of fused-ring (bicyclic) bond motifs is 1. The van der Waals surface area contributed by atoms with E-state index in [4.69, 9.17) is 9.16 Å². The summed E-state index contributed by atoms with van der Waals surface area (Å²) < 4.78 is 12.2. The summed E-state index contributed by atoms with van der Waals surface area (Å²) in [5.74, 6) is 0. The van der Waals surface area contributed by atoms with Gasteiger partial charge in [-0.3, -0.25) is 0 Å². The number of hydrogen-bond donors (Lipinski definition) is 0. The minimum absolute atomic E-state index is 0.216. The number of hydrogen-bond acceptors (Lipinski definition) is 2. The van der Waals surface area contributed by atoms with Crippen molar-refractivity contribution in [2.45, 2.75) is 82.9 Å². The van der Waals surface area contributed by atoms with Crippen molar-refractivity contribution in [3.8, 4) is 0 Å². The van der Waals surface area contributed by atoms with Crippen molar-refractivity contribution in [3.63, 3.8) is 0 Å². The standard InChI is InChI=1S/C13H26O2Si/c1-12(2,3)16(5,6)15-10-7-8-13(4)11(9-10)14-13/h10-11H,7-9H2,1-6H3/t10-,11?,13?/m1/s1. The third-order valence-electron chi connectivity index (χ3n) is 4.74. The zero-order valence-electron chi connectivity index (χ0n) is 11.6. The quantitative estimate of drug-likeness (QED) is 0.544. The first kappa shape index (κ1) is 12.6. The second kappa shape index (κ2) is 3.56. The van der Waals surface area contributed by atoms with Crippen LogP contribution in [-0.4, -0.2) is 26.1 Å². The Bertz CT molecular complexity index is 282. The minimum atomic E-state index is -1.58. The van der Waals surface area contributed by atoms with Crippen LogP contribution in [0.5, 0.6) is 0 Å². The van der Waals surface area contributed by atoms with Crippen LogP contribution < -0.4 is 0 Å². The van der Waals surface area contributed by atoms with Crippen molar-refractivity contribution in [3.05, 3.63) is 0 Å². The number of rotatable bonds is 2. The zero-order chi connectivity index (χ0) is 12.2. The Morgan fingerprint density at radius 3 is 2.44 bits per heavy atom. The lowest BCUT2D eigenvalue weighted by atomic mass is 9.89. The van der Waals surface area contributed by atoms with Gasteiger partial charge in [-0.25, -0.2) is 0 Å². The van der Waals surface area contributed by atoms with E-state index in [1.807, 2.05) is 0 Å². The predicted molar refractivity (Wildman–Crippen MR) is 69.2 cm³/mol. The molecule has 3 heteroatoms. The van der Waals surface area contributed by atoms with E-state index in [0.29, 0.717) is 17.2 Å². The fraction of sp³-hybridized carbons (Fsp3) is 1.00. The van der Waals surface area contributed by atoms with Crippen molar-refractivity contribution in [1.29, 1.82) is 0 Å². The van der Waals surface area contributed by atoms with Gasteiger partial charge in [0.25, 0.3) is 0 Å². The Morgan fingerprint density at radius 1 is 1.31 bits per heavy atom. The van der Waals surface area contributed by atoms with Crippen LogP contribution in [0.25, 0.3) is 0 Å². The topological polar surface area (TPSA) is 21.8 Å². The van der Waals surface area contributed by atoms with Gasteiger partial charge in [-0.2, -0.15) is 0 Å². The van der Waals surface area contributed by atoms with Crippen LogP contribution in [0.4, 0.5) is 0 Å². The van der Waals surface area contributed by atoms with E-state index >= 15 is 0 Å². The largest absolute Gasteiger partial charge is 0.414 e. The fourth-order valence-corrected chi connectivity index (χ4v) is 3.71. The number of epoxide rings is 1. The molecule has 2 aliphatic rings. The third kappa shape index (κ3) is 2.22. The van der Waals surface area contributed by atoms with Crippen LogP contribution in [0.15, 0.2) is 0 Å². The van der Waals surface area contributed by atoms with Gasteiger partial charge in [0.05, 0.1) is 11.7 Å². The van der Waals surface area contributed by atoms with Gasteiger partial charge >= 0.3 is 0 Å². The lowest BCUT2D eigenvalue weighted by Gasteiger charge is -2.40. The molecule has 0 aromatic carbocycles. The van der Waals surface area contributed by atoms with Crippen LogP contribution >= 0.6 is 0 Å². The van der Waals surface area contributed by atoms with E-state index in [1.165, 1.54) is 12.8 Å². The molecule has 1 heterocycles. The van der Waals surface area contributed by atoms with E-state index in [2.05, 4.69) is 40.8 Å². The van der Waals surface area contributed by atoms with Gasteiger partial charge in [-0.05, 0) is 37.9 Å². The molecule has 0 amide bonds. The fourth-order valence-electron chi connectivity index (χ4n) is 2.31. The summed E-state index contributed by atoms with van der Waals surface area (Å²) in [4.78, 5) is 0. The molecular formula is C13H26O2Si. The summed E-state index contributed by atoms with van der Waals surface area (Å²) in [6.07, 6.45) is 4.40. The molecule has 0 bridgehead atoms. The second-order valence-electron chi connectivity index (χ2n) is 7.19. The highest BCUT2D eigenvalue weighted by atomic mass is 28.4. The van der Waals surface area contributed by atoms with Crippen molar-refractivity contribution in [2.24, 2.45) is 0 Å². The average molecular weight is 242 g/mol. The first-order chi connectivity index (χ1) is 7.14. The molecule has 0 spiro atoms. The zero-order valence-corrected chi connectivity index (χ0v) is 12.6. The van der Waals surface area contributed by atoms with Crippen molar-refractivity contribution in [1.82, 2.24) is 0 Å². The third-order valence-corrected chi connectivity index (χ3v) is 9.28. The molecule has 2 rings (SSSR count). The molecule has 3 atom stereocenters. The van der Waals surface area contributed by atoms with E-state index in [1.54, 1.807) is 0 Å². The molecule has 2 unspecified atom stereocenters. The lowest BCUT2D eigenvalue weighted by Crippen LogP contribution is -2.45. The SMILES string of the molecule is CC12CC[C@@H](O[Si](C)(C)C(C)(C)C)CC1O2. The summed E-state index contributed by atoms with van der Waals surface area (Å²) >= 11 is 0. The van der Waals surface area contributed by atoms with Crippen LogP contribution in [-0.2, 0) is 9.16 Å². The predicted octanol–water partition coefficient (Wildman–Crippen LogP) is 3.72. The molecule has 1 saturated heterocycles. The van der Waals surface area contributed by atoms with Gasteiger partial charge in [0.1, 0.15) is 0 Å². The van der Waals surface area contributed by atoms with Gasteiger partial charge in [0, 0.05) is 12.5 Å². The first-order valence-electron chi connectivity index (χ1n) is 6.50. The molecule has 1 aliphatic heterocycles. The molecule has 94 valence electrons. The molecule has 1 saturated carbocycles. The highest BCUT2D eigenvalue weighted by molar-refractivity contribution is 6.74. The van der Waals surface area contributed by atoms with E-state index < -0.39 is 8.32 Å². The van der Waals surface area contributed by atoms with Crippen LogP contribution in [0, 0.1) is 0 Å². The van der Waals surface area contributed by atoms with E-state index in [-0.39, 0.29) is 5.60 Å². The summed E-state index contributed by atoms with van der Waals surface area (Å²) in [7, 11) is -1.58. The molecule has 2 nitrogen and oxygen atoms in total. The van der Waals surface area contributed by atoms with Gasteiger partial charge in [0.15, 0.2) is 8.32 Å². The van der Waals surface area contributed by atoms with Crippen LogP contribution in [0.1, 0.15) is 47.0 Å². The van der Waals surface area contributed by atoms with Crippen LogP contribution in [0.3, 0.4) is 0 Å². The van der Waals surface area contributed by atoms with Gasteiger partial charge in [-0.1, -0.05) is 20.8 Å².